The van der Waals surface area contributed by atoms with Gasteiger partial charge in [0.2, 0.25) is 0 Å². The number of methoxy groups -OCH3 is 1. The van der Waals surface area contributed by atoms with E-state index in [-0.39, 0.29) is 12.5 Å². The van der Waals surface area contributed by atoms with Crippen LogP contribution < -0.4 is 10.1 Å². The predicted molar refractivity (Wildman–Crippen MR) is 127 cm³/mol. The van der Waals surface area contributed by atoms with Crippen molar-refractivity contribution in [3.8, 4) is 11.8 Å². The Balaban J connectivity index is 1.70. The highest BCUT2D eigenvalue weighted by atomic mass is 32.1. The fourth-order valence-electron chi connectivity index (χ4n) is 4.21. The zero-order chi connectivity index (χ0) is 23.4. The molecule has 1 aromatic heterocycles. The third-order valence-electron chi connectivity index (χ3n) is 5.95. The molecule has 0 unspecified atom stereocenters. The van der Waals surface area contributed by atoms with Gasteiger partial charge in [0.1, 0.15) is 10.8 Å². The number of carbonyl (C=O) groups excluding carboxylic acids is 2. The number of nitrogens with one attached hydrogen (secondary N) is 1. The Kier molecular flexibility index (Phi) is 6.47. The molecule has 0 fully saturated rings. The molecule has 6 nitrogen and oxygen atoms in total. The van der Waals surface area contributed by atoms with Crippen LogP contribution in [0.25, 0.3) is 0 Å². The number of carbonyl (C=O) groups is 2. The largest absolute Gasteiger partial charge is 0.497 e. The Morgan fingerprint density at radius 3 is 2.52 bits per heavy atom. The molecule has 1 aliphatic carbocycles. The van der Waals surface area contributed by atoms with Crippen molar-refractivity contribution in [3.05, 3.63) is 81.7 Å². The summed E-state index contributed by atoms with van der Waals surface area (Å²) in [6, 6.07) is 19.0. The number of amides is 1. The molecule has 0 bridgehead atoms. The summed E-state index contributed by atoms with van der Waals surface area (Å²) in [5, 5.41) is 13.5. The zero-order valence-electron chi connectivity index (χ0n) is 18.5. The zero-order valence-corrected chi connectivity index (χ0v) is 19.3. The van der Waals surface area contributed by atoms with Crippen LogP contribution in [0.5, 0.6) is 5.75 Å². The van der Waals surface area contributed by atoms with Gasteiger partial charge in [-0.2, -0.15) is 5.26 Å². The average molecular weight is 461 g/mol. The van der Waals surface area contributed by atoms with Crippen LogP contribution in [0.15, 0.2) is 54.6 Å². The van der Waals surface area contributed by atoms with Crippen LogP contribution in [0.3, 0.4) is 0 Å². The van der Waals surface area contributed by atoms with Crippen molar-refractivity contribution in [2.75, 3.05) is 19.0 Å². The molecule has 1 amide bonds. The number of nitrogens with zero attached hydrogens (tertiary/aromatic N) is 1. The summed E-state index contributed by atoms with van der Waals surface area (Å²) in [5.41, 5.74) is 2.02. The van der Waals surface area contributed by atoms with E-state index in [0.717, 1.165) is 16.0 Å². The second-order valence-corrected chi connectivity index (χ2v) is 8.95. The molecule has 0 spiro atoms. The summed E-state index contributed by atoms with van der Waals surface area (Å²) in [6.45, 7) is 1.99. The highest BCUT2D eigenvalue weighted by molar-refractivity contribution is 7.17. The van der Waals surface area contributed by atoms with E-state index < -0.39 is 11.4 Å². The second-order valence-electron chi connectivity index (χ2n) is 7.85. The van der Waals surface area contributed by atoms with Crippen LogP contribution in [0.2, 0.25) is 0 Å². The van der Waals surface area contributed by atoms with Gasteiger partial charge in [-0.15, -0.1) is 11.3 Å². The molecule has 0 saturated heterocycles. The summed E-state index contributed by atoms with van der Waals surface area (Å²) in [7, 11) is 1.56. The molecule has 7 heteroatoms. The van der Waals surface area contributed by atoms with Gasteiger partial charge in [-0.1, -0.05) is 30.3 Å². The lowest BCUT2D eigenvalue weighted by molar-refractivity contribution is 0.0526. The van der Waals surface area contributed by atoms with Gasteiger partial charge in [-0.3, -0.25) is 4.79 Å². The molecule has 1 atom stereocenters. The van der Waals surface area contributed by atoms with E-state index in [2.05, 4.69) is 11.4 Å². The van der Waals surface area contributed by atoms with E-state index in [1.165, 1.54) is 11.3 Å². The van der Waals surface area contributed by atoms with Crippen LogP contribution in [0.4, 0.5) is 5.00 Å². The fourth-order valence-corrected chi connectivity index (χ4v) is 5.55. The lowest BCUT2D eigenvalue weighted by Gasteiger charge is -2.31. The van der Waals surface area contributed by atoms with Gasteiger partial charge in [0, 0.05) is 16.9 Å². The number of ether oxygens (including phenoxy) is 2. The molecule has 0 saturated carbocycles. The quantitative estimate of drug-likeness (QED) is 0.515. The average Bonchev–Trinajstić information content (AvgIpc) is 3.21. The monoisotopic (exact) mass is 460 g/mol. The van der Waals surface area contributed by atoms with E-state index in [0.29, 0.717) is 41.1 Å². The highest BCUT2D eigenvalue weighted by Crippen LogP contribution is 2.45. The first-order chi connectivity index (χ1) is 16.0. The predicted octanol–water partition coefficient (Wildman–Crippen LogP) is 5.14. The van der Waals surface area contributed by atoms with Crippen molar-refractivity contribution in [2.45, 2.75) is 31.6 Å². The number of benzene rings is 2. The first-order valence-corrected chi connectivity index (χ1v) is 11.6. The third kappa shape index (κ3) is 4.35. The first kappa shape index (κ1) is 22.6. The van der Waals surface area contributed by atoms with E-state index in [1.807, 2.05) is 30.3 Å². The third-order valence-corrected chi connectivity index (χ3v) is 7.10. The molecule has 33 heavy (non-hydrogen) atoms. The fraction of sp³-hybridized carbons (Fsp3) is 0.269. The van der Waals surface area contributed by atoms with Crippen LogP contribution in [-0.2, 0) is 23.0 Å². The van der Waals surface area contributed by atoms with Crippen molar-refractivity contribution >= 4 is 28.2 Å². The van der Waals surface area contributed by atoms with Crippen molar-refractivity contribution in [1.82, 2.24) is 0 Å². The summed E-state index contributed by atoms with van der Waals surface area (Å²) in [4.78, 5) is 26.7. The summed E-state index contributed by atoms with van der Waals surface area (Å²) in [5.74, 6) is -0.125. The molecule has 1 N–H and O–H groups in total. The normalized spacial score (nSPS) is 16.9. The smallest absolute Gasteiger partial charge is 0.341 e. The van der Waals surface area contributed by atoms with Crippen LogP contribution in [0, 0.1) is 11.3 Å². The summed E-state index contributed by atoms with van der Waals surface area (Å²) < 4.78 is 10.5. The minimum Gasteiger partial charge on any atom is -0.497 e. The van der Waals surface area contributed by atoms with E-state index in [9.17, 15) is 14.9 Å². The number of hydrogen-bond donors (Lipinski definition) is 1. The van der Waals surface area contributed by atoms with Crippen LogP contribution in [0.1, 0.15) is 50.1 Å². The topological polar surface area (TPSA) is 88.4 Å². The Hall–Kier alpha value is -3.63. The number of fused-ring (bicyclic) bond motifs is 1. The number of nitriles is 1. The van der Waals surface area contributed by atoms with Gasteiger partial charge < -0.3 is 14.8 Å². The van der Waals surface area contributed by atoms with Gasteiger partial charge in [0.05, 0.1) is 30.8 Å². The van der Waals surface area contributed by atoms with E-state index in [4.69, 9.17) is 9.47 Å². The van der Waals surface area contributed by atoms with E-state index in [1.54, 1.807) is 38.3 Å². The minimum atomic E-state index is -0.664. The molecule has 1 heterocycles. The Labute approximate surface area is 196 Å². The number of anilines is 1. The number of thiophene rings is 1. The second kappa shape index (κ2) is 9.47. The number of esters is 1. The standard InChI is InChI=1S/C26H24N2O4S/c1-3-32-25(30)22-20-13-14-26(16-27,18-7-5-4-6-8-18)15-21(20)33-24(22)28-23(29)17-9-11-19(31-2)12-10-17/h4-12H,3,13-15H2,1-2H3,(H,28,29)/t26-/m0/s1. The van der Waals surface area contributed by atoms with Gasteiger partial charge in [0.25, 0.3) is 5.91 Å². The maximum absolute atomic E-state index is 12.9. The molecule has 0 radical (unpaired) electrons. The maximum atomic E-state index is 12.9. The van der Waals surface area contributed by atoms with Crippen molar-refractivity contribution in [2.24, 2.45) is 0 Å². The molecule has 4 rings (SSSR count). The van der Waals surface area contributed by atoms with Gasteiger partial charge in [-0.05, 0) is 55.2 Å². The molecule has 3 aromatic rings. The maximum Gasteiger partial charge on any atom is 0.341 e. The lowest BCUT2D eigenvalue weighted by atomic mass is 9.70. The van der Waals surface area contributed by atoms with Crippen molar-refractivity contribution in [1.29, 1.82) is 5.26 Å². The number of hydrogen-bond acceptors (Lipinski definition) is 6. The Morgan fingerprint density at radius 2 is 1.88 bits per heavy atom. The SMILES string of the molecule is CCOC(=O)c1c(NC(=O)c2ccc(OC)cc2)sc2c1CC[C@](C#N)(c1ccccc1)C2. The van der Waals surface area contributed by atoms with Gasteiger partial charge in [-0.25, -0.2) is 4.79 Å². The molecule has 1 aliphatic rings. The van der Waals surface area contributed by atoms with Crippen LogP contribution in [-0.4, -0.2) is 25.6 Å². The molecular formula is C26H24N2O4S. The van der Waals surface area contributed by atoms with E-state index >= 15 is 0 Å². The first-order valence-electron chi connectivity index (χ1n) is 10.7. The number of rotatable bonds is 6. The Bertz CT molecular complexity index is 1210. The molecule has 2 aromatic carbocycles. The highest BCUT2D eigenvalue weighted by Gasteiger charge is 2.40. The molecular weight excluding hydrogens is 436 g/mol. The van der Waals surface area contributed by atoms with Gasteiger partial charge in [0.15, 0.2) is 0 Å². The lowest BCUT2D eigenvalue weighted by Crippen LogP contribution is -2.31. The van der Waals surface area contributed by atoms with Crippen LogP contribution >= 0.6 is 11.3 Å². The minimum absolute atomic E-state index is 0.238. The molecule has 0 aliphatic heterocycles. The van der Waals surface area contributed by atoms with Gasteiger partial charge >= 0.3 is 5.97 Å². The molecule has 168 valence electrons. The summed E-state index contributed by atoms with van der Waals surface area (Å²) in [6.07, 6.45) is 1.63. The van der Waals surface area contributed by atoms with Crippen molar-refractivity contribution in [3.63, 3.8) is 0 Å². The Morgan fingerprint density at radius 1 is 1.15 bits per heavy atom. The van der Waals surface area contributed by atoms with Crippen molar-refractivity contribution < 1.29 is 19.1 Å². The summed E-state index contributed by atoms with van der Waals surface area (Å²) >= 11 is 1.35.